The lowest BCUT2D eigenvalue weighted by molar-refractivity contribution is 0.264. The molecule has 1 N–H and O–H groups in total. The Balaban J connectivity index is 1.98. The average molecular weight is 345 g/mol. The Morgan fingerprint density at radius 1 is 1.23 bits per heavy atom. The molecule has 0 radical (unpaired) electrons. The molecule has 0 aromatic heterocycles. The van der Waals surface area contributed by atoms with E-state index in [0.717, 1.165) is 25.1 Å². The Bertz CT molecular complexity index is 611. The fourth-order valence-electron chi connectivity index (χ4n) is 2.23. The summed E-state index contributed by atoms with van der Waals surface area (Å²) in [6.07, 6.45) is 0.985. The van der Waals surface area contributed by atoms with Gasteiger partial charge in [-0.05, 0) is 42.9 Å². The second-order valence-electron chi connectivity index (χ2n) is 5.08. The fraction of sp³-hybridized carbons (Fsp3) is 0.500. The standard InChI is InChI=1S/C14H20FN3O2S2/c1-2-7-16-14(21)17-8-10-18(11-9-17)22(19,20)13-5-3-12(15)4-6-13/h3-6H,2,7-11H2,1H3,(H,16,21). The molecule has 0 saturated carbocycles. The highest BCUT2D eigenvalue weighted by Gasteiger charge is 2.29. The molecule has 0 atom stereocenters. The molecule has 22 heavy (non-hydrogen) atoms. The van der Waals surface area contributed by atoms with Crippen molar-refractivity contribution in [3.8, 4) is 0 Å². The second kappa shape index (κ2) is 7.34. The van der Waals surface area contributed by atoms with Crippen LogP contribution >= 0.6 is 12.2 Å². The van der Waals surface area contributed by atoms with Crippen molar-refractivity contribution in [3.63, 3.8) is 0 Å². The van der Waals surface area contributed by atoms with Crippen LogP contribution in [-0.2, 0) is 10.0 Å². The first-order chi connectivity index (χ1) is 10.4. The summed E-state index contributed by atoms with van der Waals surface area (Å²) in [5, 5.41) is 3.81. The van der Waals surface area contributed by atoms with Crippen LogP contribution in [0.4, 0.5) is 4.39 Å². The van der Waals surface area contributed by atoms with E-state index in [1.54, 1.807) is 0 Å². The van der Waals surface area contributed by atoms with Crippen molar-refractivity contribution in [1.29, 1.82) is 0 Å². The van der Waals surface area contributed by atoms with Gasteiger partial charge in [0.2, 0.25) is 10.0 Å². The smallest absolute Gasteiger partial charge is 0.243 e. The third-order valence-electron chi connectivity index (χ3n) is 3.50. The molecule has 0 aliphatic carbocycles. The highest BCUT2D eigenvalue weighted by atomic mass is 32.2. The third-order valence-corrected chi connectivity index (χ3v) is 5.82. The second-order valence-corrected chi connectivity index (χ2v) is 7.40. The molecular weight excluding hydrogens is 325 g/mol. The average Bonchev–Trinajstić information content (AvgIpc) is 2.53. The van der Waals surface area contributed by atoms with Crippen LogP contribution in [0.2, 0.25) is 0 Å². The van der Waals surface area contributed by atoms with Crippen LogP contribution in [0.25, 0.3) is 0 Å². The number of sulfonamides is 1. The summed E-state index contributed by atoms with van der Waals surface area (Å²) in [6, 6.07) is 4.91. The Hall–Kier alpha value is -1.25. The summed E-state index contributed by atoms with van der Waals surface area (Å²) in [4.78, 5) is 2.09. The molecule has 0 spiro atoms. The Labute approximate surface area is 136 Å². The van der Waals surface area contributed by atoms with Crippen molar-refractivity contribution in [2.45, 2.75) is 18.2 Å². The molecule has 5 nitrogen and oxygen atoms in total. The van der Waals surface area contributed by atoms with Crippen LogP contribution in [0.15, 0.2) is 29.2 Å². The largest absolute Gasteiger partial charge is 0.363 e. The SMILES string of the molecule is CCCNC(=S)N1CCN(S(=O)(=O)c2ccc(F)cc2)CC1. The van der Waals surface area contributed by atoms with E-state index in [-0.39, 0.29) is 4.90 Å². The Morgan fingerprint density at radius 3 is 2.36 bits per heavy atom. The van der Waals surface area contributed by atoms with Crippen molar-refractivity contribution in [3.05, 3.63) is 30.1 Å². The van der Waals surface area contributed by atoms with Gasteiger partial charge in [0.15, 0.2) is 5.11 Å². The van der Waals surface area contributed by atoms with Gasteiger partial charge in [0, 0.05) is 32.7 Å². The zero-order valence-electron chi connectivity index (χ0n) is 12.5. The van der Waals surface area contributed by atoms with Gasteiger partial charge in [-0.3, -0.25) is 0 Å². The molecular formula is C14H20FN3O2S2. The number of benzene rings is 1. The van der Waals surface area contributed by atoms with Gasteiger partial charge in [-0.1, -0.05) is 6.92 Å². The molecule has 1 aromatic carbocycles. The summed E-state index contributed by atoms with van der Waals surface area (Å²) < 4.78 is 39.3. The van der Waals surface area contributed by atoms with E-state index in [9.17, 15) is 12.8 Å². The highest BCUT2D eigenvalue weighted by Crippen LogP contribution is 2.18. The molecule has 1 saturated heterocycles. The maximum absolute atomic E-state index is 12.9. The van der Waals surface area contributed by atoms with E-state index in [4.69, 9.17) is 12.2 Å². The van der Waals surface area contributed by atoms with Gasteiger partial charge in [-0.2, -0.15) is 4.31 Å². The fourth-order valence-corrected chi connectivity index (χ4v) is 3.94. The molecule has 1 aliphatic heterocycles. The maximum atomic E-state index is 12.9. The van der Waals surface area contributed by atoms with Crippen molar-refractivity contribution in [1.82, 2.24) is 14.5 Å². The summed E-state index contributed by atoms with van der Waals surface area (Å²) >= 11 is 5.28. The predicted molar refractivity (Wildman–Crippen MR) is 87.6 cm³/mol. The van der Waals surface area contributed by atoms with E-state index in [2.05, 4.69) is 12.2 Å². The number of piperazine rings is 1. The summed E-state index contributed by atoms with van der Waals surface area (Å²) in [5.41, 5.74) is 0. The summed E-state index contributed by atoms with van der Waals surface area (Å²) in [6.45, 7) is 4.71. The van der Waals surface area contributed by atoms with E-state index < -0.39 is 15.8 Å². The van der Waals surface area contributed by atoms with E-state index in [0.29, 0.717) is 31.3 Å². The minimum Gasteiger partial charge on any atom is -0.363 e. The predicted octanol–water partition coefficient (Wildman–Crippen LogP) is 1.42. The summed E-state index contributed by atoms with van der Waals surface area (Å²) in [7, 11) is -3.57. The molecule has 2 rings (SSSR count). The van der Waals surface area contributed by atoms with Crippen LogP contribution in [-0.4, -0.2) is 55.5 Å². The lowest BCUT2D eigenvalue weighted by atomic mass is 10.4. The van der Waals surface area contributed by atoms with Gasteiger partial charge in [-0.15, -0.1) is 0 Å². The van der Waals surface area contributed by atoms with Crippen molar-refractivity contribution < 1.29 is 12.8 Å². The van der Waals surface area contributed by atoms with Crippen molar-refractivity contribution >= 4 is 27.4 Å². The minimum atomic E-state index is -3.57. The molecule has 122 valence electrons. The Morgan fingerprint density at radius 2 is 1.82 bits per heavy atom. The van der Waals surface area contributed by atoms with Gasteiger partial charge in [0.1, 0.15) is 5.82 Å². The molecule has 1 aliphatic rings. The Kier molecular flexibility index (Phi) is 5.71. The highest BCUT2D eigenvalue weighted by molar-refractivity contribution is 7.89. The summed E-state index contributed by atoms with van der Waals surface area (Å²) in [5.74, 6) is -0.448. The molecule has 1 heterocycles. The van der Waals surface area contributed by atoms with Crippen LogP contribution in [0.5, 0.6) is 0 Å². The minimum absolute atomic E-state index is 0.119. The molecule has 8 heteroatoms. The third kappa shape index (κ3) is 3.93. The van der Waals surface area contributed by atoms with E-state index >= 15 is 0 Å². The molecule has 0 bridgehead atoms. The molecule has 1 aromatic rings. The number of rotatable bonds is 4. The first kappa shape index (κ1) is 17.1. The first-order valence-corrected chi connectivity index (χ1v) is 9.08. The van der Waals surface area contributed by atoms with Crippen LogP contribution < -0.4 is 5.32 Å². The van der Waals surface area contributed by atoms with Gasteiger partial charge in [0.25, 0.3) is 0 Å². The van der Waals surface area contributed by atoms with Gasteiger partial charge in [-0.25, -0.2) is 12.8 Å². The van der Waals surface area contributed by atoms with Crippen LogP contribution in [0, 0.1) is 5.82 Å². The number of thiocarbonyl (C=S) groups is 1. The number of nitrogens with one attached hydrogen (secondary N) is 1. The first-order valence-electron chi connectivity index (χ1n) is 7.23. The van der Waals surface area contributed by atoms with E-state index in [1.165, 1.54) is 16.4 Å². The van der Waals surface area contributed by atoms with Crippen LogP contribution in [0.3, 0.4) is 0 Å². The van der Waals surface area contributed by atoms with Crippen molar-refractivity contribution in [2.24, 2.45) is 0 Å². The quantitative estimate of drug-likeness (QED) is 0.837. The lowest BCUT2D eigenvalue weighted by Crippen LogP contribution is -2.53. The molecule has 0 unspecified atom stereocenters. The molecule has 1 fully saturated rings. The number of hydrogen-bond donors (Lipinski definition) is 1. The number of hydrogen-bond acceptors (Lipinski definition) is 3. The normalized spacial score (nSPS) is 16.5. The number of halogens is 1. The topological polar surface area (TPSA) is 52.6 Å². The zero-order chi connectivity index (χ0) is 16.2. The van der Waals surface area contributed by atoms with Gasteiger partial charge >= 0.3 is 0 Å². The van der Waals surface area contributed by atoms with Crippen LogP contribution in [0.1, 0.15) is 13.3 Å². The lowest BCUT2D eigenvalue weighted by Gasteiger charge is -2.35. The monoisotopic (exact) mass is 345 g/mol. The maximum Gasteiger partial charge on any atom is 0.243 e. The molecule has 0 amide bonds. The van der Waals surface area contributed by atoms with Gasteiger partial charge < -0.3 is 10.2 Å². The number of nitrogens with zero attached hydrogens (tertiary/aromatic N) is 2. The van der Waals surface area contributed by atoms with Crippen molar-refractivity contribution in [2.75, 3.05) is 32.7 Å². The van der Waals surface area contributed by atoms with Gasteiger partial charge in [0.05, 0.1) is 4.90 Å². The van der Waals surface area contributed by atoms with E-state index in [1.807, 2.05) is 4.90 Å². The zero-order valence-corrected chi connectivity index (χ0v) is 14.1.